The number of carboxylic acids is 1. The van der Waals surface area contributed by atoms with Crippen LogP contribution in [0, 0.1) is 18.8 Å². The van der Waals surface area contributed by atoms with Crippen LogP contribution in [0.4, 0.5) is 0 Å². The normalized spacial score (nSPS) is 9.19. The Labute approximate surface area is 95.1 Å². The van der Waals surface area contributed by atoms with Gasteiger partial charge in [0.2, 0.25) is 0 Å². The summed E-state index contributed by atoms with van der Waals surface area (Å²) in [6.07, 6.45) is -0.0329. The molecule has 16 heavy (non-hydrogen) atoms. The first kappa shape index (κ1) is 12.1. The van der Waals surface area contributed by atoms with Gasteiger partial charge in [0.15, 0.2) is 0 Å². The summed E-state index contributed by atoms with van der Waals surface area (Å²) in [7, 11) is 1.53. The van der Waals surface area contributed by atoms with E-state index in [0.29, 0.717) is 11.3 Å². The van der Waals surface area contributed by atoms with E-state index in [1.165, 1.54) is 7.11 Å². The van der Waals surface area contributed by atoms with E-state index >= 15 is 0 Å². The number of hydrogen-bond donors (Lipinski definition) is 1. The first-order valence-corrected chi connectivity index (χ1v) is 4.90. The lowest BCUT2D eigenvalue weighted by Crippen LogP contribution is -2.05. The third kappa shape index (κ3) is 2.77. The fourth-order valence-corrected chi connectivity index (χ4v) is 1.56. The maximum Gasteiger partial charge on any atom is 0.307 e. The molecule has 0 fully saturated rings. The van der Waals surface area contributed by atoms with Gasteiger partial charge in [-0.3, -0.25) is 4.79 Å². The van der Waals surface area contributed by atoms with Crippen LogP contribution >= 0.6 is 0 Å². The molecule has 3 heteroatoms. The molecule has 0 aromatic heterocycles. The number of ether oxygens (including phenoxy) is 1. The Morgan fingerprint density at radius 1 is 1.50 bits per heavy atom. The minimum absolute atomic E-state index is 0.0329. The van der Waals surface area contributed by atoms with E-state index in [0.717, 1.165) is 11.1 Å². The molecule has 0 bridgehead atoms. The largest absolute Gasteiger partial charge is 0.496 e. The summed E-state index contributed by atoms with van der Waals surface area (Å²) in [5, 5.41) is 8.80. The topological polar surface area (TPSA) is 46.5 Å². The highest BCUT2D eigenvalue weighted by Gasteiger charge is 2.11. The second-order valence-electron chi connectivity index (χ2n) is 3.42. The van der Waals surface area contributed by atoms with Crippen LogP contribution in [0.5, 0.6) is 5.75 Å². The molecule has 1 aromatic carbocycles. The van der Waals surface area contributed by atoms with Crippen LogP contribution in [0.3, 0.4) is 0 Å². The van der Waals surface area contributed by atoms with Crippen molar-refractivity contribution in [3.05, 3.63) is 28.8 Å². The Morgan fingerprint density at radius 2 is 2.19 bits per heavy atom. The average molecular weight is 218 g/mol. The monoisotopic (exact) mass is 218 g/mol. The van der Waals surface area contributed by atoms with Crippen molar-refractivity contribution in [3.8, 4) is 17.6 Å². The fraction of sp³-hybridized carbons (Fsp3) is 0.308. The van der Waals surface area contributed by atoms with Crippen LogP contribution in [-0.4, -0.2) is 18.2 Å². The van der Waals surface area contributed by atoms with E-state index in [1.54, 1.807) is 13.0 Å². The second kappa shape index (κ2) is 5.22. The minimum Gasteiger partial charge on any atom is -0.496 e. The Balaban J connectivity index is 3.26. The van der Waals surface area contributed by atoms with E-state index in [1.807, 2.05) is 13.0 Å². The molecule has 0 heterocycles. The summed E-state index contributed by atoms with van der Waals surface area (Å²) in [5.41, 5.74) is 2.43. The van der Waals surface area contributed by atoms with Gasteiger partial charge in [-0.1, -0.05) is 5.92 Å². The van der Waals surface area contributed by atoms with Crippen LogP contribution in [0.15, 0.2) is 12.1 Å². The van der Waals surface area contributed by atoms with Crippen molar-refractivity contribution in [2.24, 2.45) is 0 Å². The Morgan fingerprint density at radius 3 is 2.69 bits per heavy atom. The highest BCUT2D eigenvalue weighted by atomic mass is 16.5. The molecule has 0 aliphatic heterocycles. The van der Waals surface area contributed by atoms with Crippen molar-refractivity contribution in [3.63, 3.8) is 0 Å². The summed E-state index contributed by atoms with van der Waals surface area (Å²) in [4.78, 5) is 10.7. The molecular formula is C13H14O3. The summed E-state index contributed by atoms with van der Waals surface area (Å²) in [6, 6.07) is 3.64. The standard InChI is InChI=1S/C13H14O3/c1-4-5-10-6-9(2)11(8-13(14)15)12(7-10)16-3/h6-7H,8H2,1-3H3,(H,14,15). The Hall–Kier alpha value is -1.95. The molecule has 0 aliphatic carbocycles. The molecular weight excluding hydrogens is 204 g/mol. The number of benzene rings is 1. The molecule has 0 atom stereocenters. The number of methoxy groups -OCH3 is 1. The SMILES string of the molecule is CC#Cc1cc(C)c(CC(=O)O)c(OC)c1. The average Bonchev–Trinajstić information content (AvgIpc) is 2.21. The molecule has 0 saturated carbocycles. The predicted molar refractivity (Wildman–Crippen MR) is 61.6 cm³/mol. The van der Waals surface area contributed by atoms with Crippen molar-refractivity contribution < 1.29 is 14.6 Å². The van der Waals surface area contributed by atoms with Crippen molar-refractivity contribution >= 4 is 5.97 Å². The Bertz CT molecular complexity index is 464. The van der Waals surface area contributed by atoms with Crippen LogP contribution in [-0.2, 0) is 11.2 Å². The van der Waals surface area contributed by atoms with Crippen LogP contribution in [0.2, 0.25) is 0 Å². The van der Waals surface area contributed by atoms with Gasteiger partial charge in [-0.15, -0.1) is 5.92 Å². The van der Waals surface area contributed by atoms with E-state index in [-0.39, 0.29) is 6.42 Å². The van der Waals surface area contributed by atoms with E-state index < -0.39 is 5.97 Å². The number of hydrogen-bond acceptors (Lipinski definition) is 2. The summed E-state index contributed by atoms with van der Waals surface area (Å²) in [5.74, 6) is 5.45. The molecule has 0 unspecified atom stereocenters. The molecule has 1 N–H and O–H groups in total. The van der Waals surface area contributed by atoms with Gasteiger partial charge in [0, 0.05) is 11.1 Å². The molecule has 3 nitrogen and oxygen atoms in total. The van der Waals surface area contributed by atoms with Crippen LogP contribution in [0.1, 0.15) is 23.6 Å². The zero-order valence-electron chi connectivity index (χ0n) is 9.63. The van der Waals surface area contributed by atoms with Gasteiger partial charge in [0.1, 0.15) is 5.75 Å². The maximum atomic E-state index is 10.7. The molecule has 1 rings (SSSR count). The second-order valence-corrected chi connectivity index (χ2v) is 3.42. The van der Waals surface area contributed by atoms with Crippen molar-refractivity contribution in [2.75, 3.05) is 7.11 Å². The molecule has 0 aliphatic rings. The zero-order chi connectivity index (χ0) is 12.1. The van der Waals surface area contributed by atoms with Gasteiger partial charge in [-0.05, 0) is 31.5 Å². The van der Waals surface area contributed by atoms with Gasteiger partial charge in [-0.25, -0.2) is 0 Å². The number of carboxylic acid groups (broad SMARTS) is 1. The lowest BCUT2D eigenvalue weighted by atomic mass is 10.0. The highest BCUT2D eigenvalue weighted by molar-refractivity contribution is 5.72. The summed E-state index contributed by atoms with van der Waals surface area (Å²) < 4.78 is 5.18. The van der Waals surface area contributed by atoms with Gasteiger partial charge in [0.25, 0.3) is 0 Å². The number of carbonyl (C=O) groups is 1. The zero-order valence-corrected chi connectivity index (χ0v) is 9.63. The number of aliphatic carboxylic acids is 1. The molecule has 84 valence electrons. The van der Waals surface area contributed by atoms with E-state index in [4.69, 9.17) is 9.84 Å². The maximum absolute atomic E-state index is 10.7. The molecule has 0 radical (unpaired) electrons. The quantitative estimate of drug-likeness (QED) is 0.789. The first-order valence-electron chi connectivity index (χ1n) is 4.90. The first-order chi connectivity index (χ1) is 7.58. The molecule has 0 spiro atoms. The van der Waals surface area contributed by atoms with Gasteiger partial charge in [-0.2, -0.15) is 0 Å². The van der Waals surface area contributed by atoms with Crippen molar-refractivity contribution in [1.82, 2.24) is 0 Å². The molecule has 1 aromatic rings. The van der Waals surface area contributed by atoms with Crippen LogP contribution in [0.25, 0.3) is 0 Å². The summed E-state index contributed by atoms with van der Waals surface area (Å²) >= 11 is 0. The van der Waals surface area contributed by atoms with Crippen molar-refractivity contribution in [2.45, 2.75) is 20.3 Å². The van der Waals surface area contributed by atoms with E-state index in [2.05, 4.69) is 11.8 Å². The predicted octanol–water partition coefficient (Wildman–Crippen LogP) is 2.00. The number of rotatable bonds is 3. The highest BCUT2D eigenvalue weighted by Crippen LogP contribution is 2.24. The van der Waals surface area contributed by atoms with Gasteiger partial charge >= 0.3 is 5.97 Å². The van der Waals surface area contributed by atoms with Crippen molar-refractivity contribution in [1.29, 1.82) is 0 Å². The molecule has 0 amide bonds. The van der Waals surface area contributed by atoms with Crippen LogP contribution < -0.4 is 4.74 Å². The summed E-state index contributed by atoms with van der Waals surface area (Å²) in [6.45, 7) is 3.62. The lowest BCUT2D eigenvalue weighted by Gasteiger charge is -2.10. The third-order valence-electron chi connectivity index (χ3n) is 2.25. The third-order valence-corrected chi connectivity index (χ3v) is 2.25. The molecule has 0 saturated heterocycles. The van der Waals surface area contributed by atoms with E-state index in [9.17, 15) is 4.79 Å². The number of aryl methyl sites for hydroxylation is 1. The van der Waals surface area contributed by atoms with Gasteiger partial charge < -0.3 is 9.84 Å². The Kier molecular flexibility index (Phi) is 3.96. The van der Waals surface area contributed by atoms with Gasteiger partial charge in [0.05, 0.1) is 13.5 Å². The minimum atomic E-state index is -0.865. The fourth-order valence-electron chi connectivity index (χ4n) is 1.56. The lowest BCUT2D eigenvalue weighted by molar-refractivity contribution is -0.136. The smallest absolute Gasteiger partial charge is 0.307 e.